The third-order valence-electron chi connectivity index (χ3n) is 5.52. The van der Waals surface area contributed by atoms with Gasteiger partial charge in [-0.3, -0.25) is 0 Å². The molecule has 2 aromatic carbocycles. The second-order valence-electron chi connectivity index (χ2n) is 7.74. The molecule has 0 aliphatic heterocycles. The maximum atomic E-state index is 5.99. The molecule has 0 aliphatic rings. The molecule has 2 unspecified atom stereocenters. The average Bonchev–Trinajstić information content (AvgIpc) is 2.73. The molecule has 0 aromatic heterocycles. The van der Waals surface area contributed by atoms with Crippen LogP contribution >= 0.6 is 25.1 Å². The highest BCUT2D eigenvalue weighted by Gasteiger charge is 2.24. The molecule has 2 rings (SSSR count). The maximum Gasteiger partial charge on any atom is 0.127 e. The van der Waals surface area contributed by atoms with Crippen molar-refractivity contribution in [3.05, 3.63) is 35.4 Å². The first-order valence-electron chi connectivity index (χ1n) is 10.9. The number of benzene rings is 2. The normalized spacial score (nSPS) is 12.1. The van der Waals surface area contributed by atoms with Crippen molar-refractivity contribution >= 4 is 41.0 Å². The van der Waals surface area contributed by atoms with Crippen LogP contribution in [0, 0.1) is 13.8 Å². The van der Waals surface area contributed by atoms with Crippen molar-refractivity contribution in [3.8, 4) is 16.9 Å². The van der Waals surface area contributed by atoms with Gasteiger partial charge in [0, 0.05) is 5.30 Å². The van der Waals surface area contributed by atoms with E-state index in [0.29, 0.717) is 0 Å². The van der Waals surface area contributed by atoms with Crippen LogP contribution in [0.4, 0.5) is 0 Å². The molecule has 0 radical (unpaired) electrons. The molecule has 0 fully saturated rings. The summed E-state index contributed by atoms with van der Waals surface area (Å²) < 4.78 is 5.99. The van der Waals surface area contributed by atoms with Crippen LogP contribution < -0.4 is 20.7 Å². The van der Waals surface area contributed by atoms with Crippen molar-refractivity contribution in [1.29, 1.82) is 0 Å². The number of rotatable bonds is 11. The van der Waals surface area contributed by atoms with Gasteiger partial charge >= 0.3 is 0 Å². The fraction of sp³-hybridized carbons (Fsp3) is 0.520. The molecule has 0 heterocycles. The van der Waals surface area contributed by atoms with Crippen molar-refractivity contribution in [2.24, 2.45) is 0 Å². The molecule has 29 heavy (non-hydrogen) atoms. The molecular formula is C25H39OP3. The van der Waals surface area contributed by atoms with Crippen LogP contribution in [0.15, 0.2) is 24.3 Å². The summed E-state index contributed by atoms with van der Waals surface area (Å²) >= 11 is 0. The Morgan fingerprint density at radius 2 is 1.41 bits per heavy atom. The van der Waals surface area contributed by atoms with Gasteiger partial charge in [-0.15, -0.1) is 0 Å². The molecule has 0 spiro atoms. The van der Waals surface area contributed by atoms with E-state index >= 15 is 0 Å². The van der Waals surface area contributed by atoms with E-state index in [0.717, 1.165) is 22.9 Å². The number of methoxy groups -OCH3 is 1. The van der Waals surface area contributed by atoms with Gasteiger partial charge in [0.15, 0.2) is 0 Å². The van der Waals surface area contributed by atoms with Gasteiger partial charge in [-0.05, 0) is 91.3 Å². The van der Waals surface area contributed by atoms with Gasteiger partial charge in [-0.25, -0.2) is 0 Å². The molecule has 2 atom stereocenters. The van der Waals surface area contributed by atoms with Crippen LogP contribution in [-0.2, 0) is 0 Å². The molecule has 0 saturated carbocycles. The predicted molar refractivity (Wildman–Crippen MR) is 142 cm³/mol. The third kappa shape index (κ3) is 6.03. The second-order valence-corrected chi connectivity index (χ2v) is 12.2. The number of ether oxygens (including phenoxy) is 1. The highest BCUT2D eigenvalue weighted by molar-refractivity contribution is 7.66. The van der Waals surface area contributed by atoms with Gasteiger partial charge in [0.05, 0.1) is 7.11 Å². The Morgan fingerprint density at radius 3 is 1.86 bits per heavy atom. The lowest BCUT2D eigenvalue weighted by Crippen LogP contribution is -2.21. The first-order chi connectivity index (χ1) is 14.0. The van der Waals surface area contributed by atoms with E-state index in [4.69, 9.17) is 4.74 Å². The molecule has 160 valence electrons. The minimum Gasteiger partial charge on any atom is -0.496 e. The first-order valence-corrected chi connectivity index (χ1v) is 15.7. The molecule has 0 bridgehead atoms. The molecule has 4 heteroatoms. The number of unbranched alkanes of at least 4 members (excludes halogenated alkanes) is 2. The zero-order valence-corrected chi connectivity index (χ0v) is 22.3. The summed E-state index contributed by atoms with van der Waals surface area (Å²) in [5.41, 5.74) is 5.81. The van der Waals surface area contributed by atoms with E-state index in [9.17, 15) is 0 Å². The van der Waals surface area contributed by atoms with Crippen LogP contribution in [0.25, 0.3) is 11.1 Å². The largest absolute Gasteiger partial charge is 0.496 e. The van der Waals surface area contributed by atoms with Gasteiger partial charge in [-0.1, -0.05) is 70.0 Å². The van der Waals surface area contributed by atoms with Crippen LogP contribution in [0.1, 0.15) is 50.7 Å². The lowest BCUT2D eigenvalue weighted by molar-refractivity contribution is 0.418. The molecule has 0 amide bonds. The number of hydrogen-bond acceptors (Lipinski definition) is 1. The number of aryl methyl sites for hydroxylation is 2. The molecule has 0 aliphatic carbocycles. The zero-order valence-electron chi connectivity index (χ0n) is 19.4. The fourth-order valence-corrected chi connectivity index (χ4v) is 8.99. The lowest BCUT2D eigenvalue weighted by atomic mass is 9.98. The molecule has 0 saturated heterocycles. The van der Waals surface area contributed by atoms with Crippen LogP contribution in [0.3, 0.4) is 0 Å². The third-order valence-corrected chi connectivity index (χ3v) is 10.2. The Morgan fingerprint density at radius 1 is 0.862 bits per heavy atom. The first kappa shape index (κ1) is 24.8. The Bertz CT molecular complexity index is 768. The Labute approximate surface area is 184 Å². The minimum atomic E-state index is -0.216. The fourth-order valence-electron chi connectivity index (χ4n) is 3.95. The van der Waals surface area contributed by atoms with Crippen molar-refractivity contribution in [2.45, 2.75) is 53.4 Å². The molecule has 1 nitrogen and oxygen atoms in total. The van der Waals surface area contributed by atoms with Gasteiger partial charge in [0.25, 0.3) is 0 Å². The van der Waals surface area contributed by atoms with Gasteiger partial charge in [-0.2, -0.15) is 0 Å². The van der Waals surface area contributed by atoms with E-state index in [-0.39, 0.29) is 7.92 Å². The van der Waals surface area contributed by atoms with E-state index < -0.39 is 0 Å². The molecular weight excluding hydrogens is 409 g/mol. The van der Waals surface area contributed by atoms with Gasteiger partial charge in [0.1, 0.15) is 5.75 Å². The summed E-state index contributed by atoms with van der Waals surface area (Å²) in [5.74, 6) is 1.11. The topological polar surface area (TPSA) is 9.23 Å². The van der Waals surface area contributed by atoms with E-state index in [2.05, 4.69) is 65.3 Å². The maximum absolute atomic E-state index is 5.99. The average molecular weight is 449 g/mol. The van der Waals surface area contributed by atoms with Crippen LogP contribution in [0.5, 0.6) is 5.75 Å². The Hall–Kier alpha value is -0.470. The van der Waals surface area contributed by atoms with Gasteiger partial charge in [0.2, 0.25) is 0 Å². The standard InChI is InChI=1S/C25H39OP3/c1-8-10-14-29(15-11-9-2)25-20(26-5)13-12-19(4)23(25)24-21(27-6)16-18(3)17-22(24)28-7/h12-13,16-17,27-28H,8-11,14-15H2,1-7H3. The SMILES string of the molecule is CCCCP(CCCC)c1c(OC)ccc(C)c1-c1c(PC)cc(C)cc1PC. The second kappa shape index (κ2) is 12.4. The van der Waals surface area contributed by atoms with Crippen molar-refractivity contribution in [3.63, 3.8) is 0 Å². The summed E-state index contributed by atoms with van der Waals surface area (Å²) in [6.07, 6.45) is 7.79. The summed E-state index contributed by atoms with van der Waals surface area (Å²) in [6, 6.07) is 9.33. The predicted octanol–water partition coefficient (Wildman–Crippen LogP) is 6.55. The molecule has 0 N–H and O–H groups in total. The number of hydrogen-bond donors (Lipinski definition) is 0. The van der Waals surface area contributed by atoms with E-state index in [1.807, 2.05) is 7.11 Å². The van der Waals surface area contributed by atoms with Crippen molar-refractivity contribution < 1.29 is 4.74 Å². The van der Waals surface area contributed by atoms with Gasteiger partial charge < -0.3 is 4.74 Å². The highest BCUT2D eigenvalue weighted by Crippen LogP contribution is 2.45. The Balaban J connectivity index is 2.82. The summed E-state index contributed by atoms with van der Waals surface area (Å²) in [6.45, 7) is 13.8. The minimum absolute atomic E-state index is 0.216. The monoisotopic (exact) mass is 448 g/mol. The van der Waals surface area contributed by atoms with Crippen molar-refractivity contribution in [2.75, 3.05) is 32.8 Å². The summed E-state index contributed by atoms with van der Waals surface area (Å²) in [7, 11) is 3.25. The summed E-state index contributed by atoms with van der Waals surface area (Å²) in [5, 5.41) is 4.58. The molecule has 2 aromatic rings. The van der Waals surface area contributed by atoms with Crippen molar-refractivity contribution in [1.82, 2.24) is 0 Å². The smallest absolute Gasteiger partial charge is 0.127 e. The quantitative estimate of drug-likeness (QED) is 0.354. The van der Waals surface area contributed by atoms with E-state index in [1.54, 1.807) is 0 Å². The van der Waals surface area contributed by atoms with E-state index in [1.165, 1.54) is 76.2 Å². The highest BCUT2D eigenvalue weighted by atomic mass is 31.1. The van der Waals surface area contributed by atoms with Crippen LogP contribution in [-0.4, -0.2) is 32.8 Å². The summed E-state index contributed by atoms with van der Waals surface area (Å²) in [4.78, 5) is 0. The lowest BCUT2D eigenvalue weighted by Gasteiger charge is -2.27. The van der Waals surface area contributed by atoms with Crippen LogP contribution in [0.2, 0.25) is 0 Å². The zero-order chi connectivity index (χ0) is 21.4. The Kier molecular flexibility index (Phi) is 10.6.